The van der Waals surface area contributed by atoms with E-state index in [1.54, 1.807) is 0 Å². The Morgan fingerprint density at radius 2 is 1.43 bits per heavy atom. The van der Waals surface area contributed by atoms with Gasteiger partial charge in [0.2, 0.25) is 0 Å². The number of halogens is 2. The highest BCUT2D eigenvalue weighted by atomic mass is 127. The fourth-order valence-electron chi connectivity index (χ4n) is 0.0292. The minimum absolute atomic E-state index is 0.230. The topological polar surface area (TPSA) is 34.1 Å². The molecule has 0 spiro atoms. The summed E-state index contributed by atoms with van der Waals surface area (Å²) in [5.41, 5.74) is 0. The minimum Gasteiger partial charge on any atom is -0.227 e. The molecule has 0 bridgehead atoms. The summed E-state index contributed by atoms with van der Waals surface area (Å²) < 4.78 is 21.2. The van der Waals surface area contributed by atoms with Crippen molar-refractivity contribution in [3.8, 4) is 0 Å². The third-order valence-electron chi connectivity index (χ3n) is 0.332. The first-order valence-electron chi connectivity index (χ1n) is 1.45. The molecule has 0 heterocycles. The first-order valence-corrected chi connectivity index (χ1v) is 6.32. The van der Waals surface area contributed by atoms with Crippen LogP contribution in [0.5, 0.6) is 0 Å². The third kappa shape index (κ3) is 3.95. The molecule has 0 amide bonds. The monoisotopic (exact) mass is 346 g/mol. The summed E-state index contributed by atoms with van der Waals surface area (Å²) >= 11 is 3.67. The summed E-state index contributed by atoms with van der Waals surface area (Å²) in [5, 5.41) is 0. The van der Waals surface area contributed by atoms with E-state index in [2.05, 4.69) is 0 Å². The Balaban J connectivity index is 3.89. The largest absolute Gasteiger partial charge is 0.227 e. The number of alkyl halides is 2. The number of sulfone groups is 1. The summed E-state index contributed by atoms with van der Waals surface area (Å²) in [6, 6.07) is 0. The van der Waals surface area contributed by atoms with Crippen LogP contribution in [0.15, 0.2) is 0 Å². The van der Waals surface area contributed by atoms with Crippen LogP contribution in [-0.2, 0) is 9.84 Å². The quantitative estimate of drug-likeness (QED) is 0.556. The van der Waals surface area contributed by atoms with Crippen molar-refractivity contribution in [3.63, 3.8) is 0 Å². The van der Waals surface area contributed by atoms with Crippen LogP contribution in [0.2, 0.25) is 0 Å². The second kappa shape index (κ2) is 3.44. The normalized spacial score (nSPS) is 11.7. The molecule has 0 unspecified atom stereocenters. The third-order valence-corrected chi connectivity index (χ3v) is 6.69. The predicted octanol–water partition coefficient (Wildman–Crippen LogP) is 1.19. The van der Waals surface area contributed by atoms with Crippen LogP contribution in [0.25, 0.3) is 0 Å². The van der Waals surface area contributed by atoms with E-state index in [9.17, 15) is 8.42 Å². The van der Waals surface area contributed by atoms with E-state index < -0.39 is 9.84 Å². The molecule has 0 aromatic heterocycles. The highest BCUT2D eigenvalue weighted by molar-refractivity contribution is 14.1. The average Bonchev–Trinajstić information content (AvgIpc) is 1.68. The van der Waals surface area contributed by atoms with Gasteiger partial charge in [0.25, 0.3) is 0 Å². The van der Waals surface area contributed by atoms with Gasteiger partial charge >= 0.3 is 0 Å². The summed E-state index contributed by atoms with van der Waals surface area (Å²) in [7, 11) is -2.68. The minimum atomic E-state index is -2.68. The van der Waals surface area contributed by atoms with E-state index in [-0.39, 0.29) is 7.52 Å². The highest BCUT2D eigenvalue weighted by Crippen LogP contribution is 1.99. The van der Waals surface area contributed by atoms with Crippen molar-refractivity contribution < 1.29 is 8.42 Å². The Kier molecular flexibility index (Phi) is 4.13. The molecule has 7 heavy (non-hydrogen) atoms. The summed E-state index contributed by atoms with van der Waals surface area (Å²) in [6.45, 7) is 0. The Bertz CT molecular complexity index is 117. The van der Waals surface area contributed by atoms with Crippen LogP contribution in [-0.4, -0.2) is 15.9 Å². The van der Waals surface area contributed by atoms with Gasteiger partial charge in [-0.3, -0.25) is 0 Å². The fraction of sp³-hybridized carbons (Fsp3) is 1.00. The molecule has 0 aliphatic carbocycles. The maximum absolute atomic E-state index is 10.4. The van der Waals surface area contributed by atoms with Crippen LogP contribution in [0.1, 0.15) is 0 Å². The molecule has 44 valence electrons. The first kappa shape index (κ1) is 8.41. The summed E-state index contributed by atoms with van der Waals surface area (Å²) in [6.07, 6.45) is 0. The molecule has 0 aliphatic rings. The molecule has 0 radical (unpaired) electrons. The van der Waals surface area contributed by atoms with Crippen molar-refractivity contribution in [2.24, 2.45) is 0 Å². The zero-order valence-electron chi connectivity index (χ0n) is 3.39. The van der Waals surface area contributed by atoms with Gasteiger partial charge in [0.15, 0.2) is 9.84 Å². The van der Waals surface area contributed by atoms with Crippen LogP contribution < -0.4 is 0 Å². The van der Waals surface area contributed by atoms with Crippen molar-refractivity contribution in [2.45, 2.75) is 0 Å². The van der Waals surface area contributed by atoms with Gasteiger partial charge in [0, 0.05) is 0 Å². The van der Waals surface area contributed by atoms with Crippen molar-refractivity contribution in [1.82, 2.24) is 0 Å². The lowest BCUT2D eigenvalue weighted by atomic mass is 11.9. The van der Waals surface area contributed by atoms with Crippen molar-refractivity contribution in [2.75, 3.05) is 7.52 Å². The Hall–Kier alpha value is 1.41. The Morgan fingerprint density at radius 1 is 1.14 bits per heavy atom. The van der Waals surface area contributed by atoms with E-state index >= 15 is 0 Å². The molecule has 0 aliphatic heterocycles. The molecule has 0 atom stereocenters. The smallest absolute Gasteiger partial charge is 0.168 e. The van der Waals surface area contributed by atoms with Crippen LogP contribution >= 0.6 is 45.2 Å². The van der Waals surface area contributed by atoms with Gasteiger partial charge < -0.3 is 0 Å². The second-order valence-corrected chi connectivity index (χ2v) is 6.62. The van der Waals surface area contributed by atoms with Gasteiger partial charge in [-0.25, -0.2) is 8.42 Å². The zero-order chi connectivity index (χ0) is 5.91. The molecular formula is C2H4I2O2S. The zero-order valence-corrected chi connectivity index (χ0v) is 8.53. The molecule has 0 saturated carbocycles. The van der Waals surface area contributed by atoms with Gasteiger partial charge in [-0.2, -0.15) is 0 Å². The van der Waals surface area contributed by atoms with Gasteiger partial charge in [0.1, 0.15) is 7.52 Å². The lowest BCUT2D eigenvalue weighted by molar-refractivity contribution is 0.606. The SMILES string of the molecule is O=S(=O)(CI)CI. The van der Waals surface area contributed by atoms with Gasteiger partial charge in [-0.15, -0.1) is 0 Å². The summed E-state index contributed by atoms with van der Waals surface area (Å²) in [4.78, 5) is 0. The maximum Gasteiger partial charge on any atom is 0.168 e. The van der Waals surface area contributed by atoms with Crippen molar-refractivity contribution >= 4 is 55.0 Å². The van der Waals surface area contributed by atoms with Crippen molar-refractivity contribution in [1.29, 1.82) is 0 Å². The number of hydrogen-bond acceptors (Lipinski definition) is 2. The van der Waals surface area contributed by atoms with E-state index in [0.29, 0.717) is 0 Å². The standard InChI is InChI=1S/C2H4I2O2S/c3-1-7(5,6)2-4/h1-2H2. The molecule has 0 saturated heterocycles. The second-order valence-electron chi connectivity index (χ2n) is 0.962. The van der Waals surface area contributed by atoms with E-state index in [1.807, 2.05) is 45.2 Å². The first-order chi connectivity index (χ1) is 3.12. The van der Waals surface area contributed by atoms with Gasteiger partial charge in [-0.05, 0) is 0 Å². The van der Waals surface area contributed by atoms with Crippen LogP contribution in [0.4, 0.5) is 0 Å². The maximum atomic E-state index is 10.4. The van der Waals surface area contributed by atoms with Crippen molar-refractivity contribution in [3.05, 3.63) is 0 Å². The summed E-state index contributed by atoms with van der Waals surface area (Å²) in [5.74, 6) is 0. The van der Waals surface area contributed by atoms with E-state index in [1.165, 1.54) is 0 Å². The van der Waals surface area contributed by atoms with Crippen LogP contribution in [0.3, 0.4) is 0 Å². The predicted molar refractivity (Wildman–Crippen MR) is 46.7 cm³/mol. The Labute approximate surface area is 70.3 Å². The molecule has 2 nitrogen and oxygen atoms in total. The molecule has 0 aromatic rings. The molecule has 0 fully saturated rings. The molecule has 0 N–H and O–H groups in total. The highest BCUT2D eigenvalue weighted by Gasteiger charge is 2.02. The lowest BCUT2D eigenvalue weighted by Crippen LogP contribution is -1.99. The molecular weight excluding hydrogens is 342 g/mol. The van der Waals surface area contributed by atoms with E-state index in [4.69, 9.17) is 0 Å². The fourth-order valence-corrected chi connectivity index (χ4v) is 3.94. The average molecular weight is 346 g/mol. The Morgan fingerprint density at radius 3 is 1.43 bits per heavy atom. The molecule has 5 heteroatoms. The van der Waals surface area contributed by atoms with E-state index in [0.717, 1.165) is 0 Å². The number of rotatable bonds is 2. The molecule has 0 rings (SSSR count). The lowest BCUT2D eigenvalue weighted by Gasteiger charge is -1.86. The van der Waals surface area contributed by atoms with Gasteiger partial charge in [-0.1, -0.05) is 45.2 Å². The van der Waals surface area contributed by atoms with Gasteiger partial charge in [0.05, 0.1) is 0 Å². The number of hydrogen-bond donors (Lipinski definition) is 0. The van der Waals surface area contributed by atoms with Crippen LogP contribution in [0, 0.1) is 0 Å². The molecule has 0 aromatic carbocycles.